The van der Waals surface area contributed by atoms with Crippen molar-refractivity contribution in [1.29, 1.82) is 0 Å². The first-order valence-corrected chi connectivity index (χ1v) is 8.19. The Morgan fingerprint density at radius 2 is 2.09 bits per heavy atom. The van der Waals surface area contributed by atoms with E-state index >= 15 is 0 Å². The summed E-state index contributed by atoms with van der Waals surface area (Å²) in [6.07, 6.45) is 1.95. The Kier molecular flexibility index (Phi) is 4.68. The van der Waals surface area contributed by atoms with Crippen LogP contribution in [0.25, 0.3) is 5.69 Å². The molecule has 1 aromatic carbocycles. The minimum Gasteiger partial charge on any atom is -0.464 e. The van der Waals surface area contributed by atoms with Gasteiger partial charge in [-0.25, -0.2) is 9.48 Å². The molecule has 0 unspecified atom stereocenters. The van der Waals surface area contributed by atoms with Gasteiger partial charge in [-0.05, 0) is 37.2 Å². The first-order chi connectivity index (χ1) is 11.1. The van der Waals surface area contributed by atoms with Gasteiger partial charge in [-0.15, -0.1) is 0 Å². The molecule has 0 aliphatic carbocycles. The van der Waals surface area contributed by atoms with Crippen LogP contribution in [0.4, 0.5) is 0 Å². The lowest BCUT2D eigenvalue weighted by Gasteiger charge is -2.27. The maximum absolute atomic E-state index is 12.1. The Hall–Kier alpha value is -1.85. The molecule has 6 heteroatoms. The maximum atomic E-state index is 12.1. The number of hydrogen-bond acceptors (Lipinski definition) is 4. The van der Waals surface area contributed by atoms with E-state index in [1.165, 1.54) is 7.11 Å². The van der Waals surface area contributed by atoms with Gasteiger partial charge in [0.1, 0.15) is 0 Å². The average Bonchev–Trinajstić information content (AvgIpc) is 2.94. The summed E-state index contributed by atoms with van der Waals surface area (Å²) in [5.41, 5.74) is 3.38. The molecule has 5 nitrogen and oxygen atoms in total. The van der Waals surface area contributed by atoms with Crippen LogP contribution in [0.3, 0.4) is 0 Å². The predicted molar refractivity (Wildman–Crippen MR) is 89.2 cm³/mol. The van der Waals surface area contributed by atoms with Gasteiger partial charge in [0, 0.05) is 30.1 Å². The van der Waals surface area contributed by atoms with Crippen molar-refractivity contribution in [2.75, 3.05) is 20.2 Å². The zero-order valence-electron chi connectivity index (χ0n) is 13.4. The van der Waals surface area contributed by atoms with Gasteiger partial charge in [0.25, 0.3) is 0 Å². The number of ether oxygens (including phenoxy) is 1. The highest BCUT2D eigenvalue weighted by Gasteiger charge is 2.28. The lowest BCUT2D eigenvalue weighted by molar-refractivity contribution is 0.0590. The number of benzene rings is 1. The number of esters is 1. The molecule has 1 aliphatic heterocycles. The van der Waals surface area contributed by atoms with E-state index in [4.69, 9.17) is 16.3 Å². The van der Waals surface area contributed by atoms with Gasteiger partial charge in [-0.1, -0.05) is 18.5 Å². The zero-order chi connectivity index (χ0) is 16.4. The Bertz CT molecular complexity index is 709. The molecule has 0 amide bonds. The molecule has 0 spiro atoms. The van der Waals surface area contributed by atoms with Crippen LogP contribution in [0.5, 0.6) is 0 Å². The summed E-state index contributed by atoms with van der Waals surface area (Å²) < 4.78 is 6.76. The van der Waals surface area contributed by atoms with E-state index < -0.39 is 0 Å². The number of nitrogens with zero attached hydrogens (tertiary/aromatic N) is 3. The van der Waals surface area contributed by atoms with Gasteiger partial charge >= 0.3 is 5.97 Å². The molecule has 0 bridgehead atoms. The van der Waals surface area contributed by atoms with Crippen LogP contribution in [0.2, 0.25) is 5.02 Å². The normalized spacial score (nSPS) is 14.6. The van der Waals surface area contributed by atoms with Crippen molar-refractivity contribution in [2.24, 2.45) is 0 Å². The predicted octanol–water partition coefficient (Wildman–Crippen LogP) is 3.08. The number of carbonyl (C=O) groups is 1. The van der Waals surface area contributed by atoms with E-state index in [2.05, 4.69) is 16.9 Å². The molecule has 0 saturated carbocycles. The van der Waals surface area contributed by atoms with Gasteiger partial charge in [0.15, 0.2) is 5.69 Å². The summed E-state index contributed by atoms with van der Waals surface area (Å²) in [7, 11) is 1.39. The van der Waals surface area contributed by atoms with Gasteiger partial charge in [0.05, 0.1) is 18.5 Å². The Morgan fingerprint density at radius 1 is 1.35 bits per heavy atom. The average molecular weight is 334 g/mol. The second kappa shape index (κ2) is 6.72. The summed E-state index contributed by atoms with van der Waals surface area (Å²) in [4.78, 5) is 14.5. The number of halogens is 1. The van der Waals surface area contributed by atoms with E-state index in [9.17, 15) is 4.79 Å². The first kappa shape index (κ1) is 16.0. The smallest absolute Gasteiger partial charge is 0.358 e. The third kappa shape index (κ3) is 3.12. The molecule has 2 heterocycles. The van der Waals surface area contributed by atoms with Crippen LogP contribution in [0, 0.1) is 0 Å². The molecule has 1 aliphatic rings. The largest absolute Gasteiger partial charge is 0.464 e. The van der Waals surface area contributed by atoms with Gasteiger partial charge in [-0.3, -0.25) is 4.90 Å². The molecule has 122 valence electrons. The summed E-state index contributed by atoms with van der Waals surface area (Å²) >= 11 is 5.96. The molecule has 0 radical (unpaired) electrons. The number of hydrogen-bond donors (Lipinski definition) is 0. The Labute approximate surface area is 140 Å². The van der Waals surface area contributed by atoms with Crippen molar-refractivity contribution in [2.45, 2.75) is 26.3 Å². The quantitative estimate of drug-likeness (QED) is 0.807. The van der Waals surface area contributed by atoms with Crippen molar-refractivity contribution in [3.05, 3.63) is 46.2 Å². The van der Waals surface area contributed by atoms with Crippen LogP contribution in [0.1, 0.15) is 35.1 Å². The minimum absolute atomic E-state index is 0.382. The highest BCUT2D eigenvalue weighted by atomic mass is 35.5. The fourth-order valence-electron chi connectivity index (χ4n) is 3.04. The highest BCUT2D eigenvalue weighted by molar-refractivity contribution is 6.30. The second-order valence-electron chi connectivity index (χ2n) is 5.68. The van der Waals surface area contributed by atoms with E-state index in [1.807, 2.05) is 28.9 Å². The maximum Gasteiger partial charge on any atom is 0.358 e. The molecule has 0 saturated heterocycles. The van der Waals surface area contributed by atoms with Crippen LogP contribution >= 0.6 is 11.6 Å². The summed E-state index contributed by atoms with van der Waals surface area (Å²) in [6, 6.07) is 7.48. The van der Waals surface area contributed by atoms with Crippen molar-refractivity contribution >= 4 is 17.6 Å². The third-order valence-corrected chi connectivity index (χ3v) is 4.38. The number of methoxy groups -OCH3 is 1. The van der Waals surface area contributed by atoms with E-state index in [0.29, 0.717) is 10.7 Å². The lowest BCUT2D eigenvalue weighted by atomic mass is 10.0. The Balaban J connectivity index is 2.05. The number of rotatable bonds is 4. The van der Waals surface area contributed by atoms with Crippen LogP contribution < -0.4 is 0 Å². The molecule has 0 N–H and O–H groups in total. The molecule has 3 rings (SSSR count). The molecular formula is C17H20ClN3O2. The van der Waals surface area contributed by atoms with E-state index in [0.717, 1.165) is 49.4 Å². The standard InChI is InChI=1S/C17H20ClN3O2/c1-3-9-20-10-8-15-14(11-20)16(17(22)23-2)19-21(15)13-6-4-12(18)5-7-13/h4-7H,3,8-11H2,1-2H3. The number of aromatic nitrogens is 2. The Morgan fingerprint density at radius 3 is 2.74 bits per heavy atom. The highest BCUT2D eigenvalue weighted by Crippen LogP contribution is 2.26. The minimum atomic E-state index is -0.382. The zero-order valence-corrected chi connectivity index (χ0v) is 14.1. The lowest BCUT2D eigenvalue weighted by Crippen LogP contribution is -2.32. The molecule has 2 aromatic rings. The fourth-order valence-corrected chi connectivity index (χ4v) is 3.16. The van der Waals surface area contributed by atoms with Gasteiger partial charge in [0.2, 0.25) is 0 Å². The number of fused-ring (bicyclic) bond motifs is 1. The van der Waals surface area contributed by atoms with Gasteiger partial charge < -0.3 is 4.74 Å². The second-order valence-corrected chi connectivity index (χ2v) is 6.12. The first-order valence-electron chi connectivity index (χ1n) is 7.81. The van der Waals surface area contributed by atoms with Gasteiger partial charge in [-0.2, -0.15) is 5.10 Å². The summed E-state index contributed by atoms with van der Waals surface area (Å²) in [5, 5.41) is 5.21. The topological polar surface area (TPSA) is 47.4 Å². The molecular weight excluding hydrogens is 314 g/mol. The third-order valence-electron chi connectivity index (χ3n) is 4.13. The van der Waals surface area contributed by atoms with Crippen molar-refractivity contribution in [1.82, 2.24) is 14.7 Å². The van der Waals surface area contributed by atoms with Crippen LogP contribution in [-0.2, 0) is 17.7 Å². The molecule has 0 atom stereocenters. The van der Waals surface area contributed by atoms with Crippen LogP contribution in [-0.4, -0.2) is 40.8 Å². The summed E-state index contributed by atoms with van der Waals surface area (Å²) in [5.74, 6) is -0.382. The van der Waals surface area contributed by atoms with Crippen LogP contribution in [0.15, 0.2) is 24.3 Å². The van der Waals surface area contributed by atoms with Crippen molar-refractivity contribution in [3.63, 3.8) is 0 Å². The molecule has 23 heavy (non-hydrogen) atoms. The summed E-state index contributed by atoms with van der Waals surface area (Å²) in [6.45, 7) is 4.89. The number of carbonyl (C=O) groups excluding carboxylic acids is 1. The molecule has 1 aromatic heterocycles. The van der Waals surface area contributed by atoms with Crippen molar-refractivity contribution in [3.8, 4) is 5.69 Å². The fraction of sp³-hybridized carbons (Fsp3) is 0.412. The van der Waals surface area contributed by atoms with Crippen molar-refractivity contribution < 1.29 is 9.53 Å². The monoisotopic (exact) mass is 333 g/mol. The SMILES string of the molecule is CCCN1CCc2c(c(C(=O)OC)nn2-c2ccc(Cl)cc2)C1. The van der Waals surface area contributed by atoms with E-state index in [1.54, 1.807) is 0 Å². The molecule has 0 fully saturated rings. The van der Waals surface area contributed by atoms with E-state index in [-0.39, 0.29) is 5.97 Å².